The van der Waals surface area contributed by atoms with Gasteiger partial charge in [0, 0.05) is 12.1 Å². The van der Waals surface area contributed by atoms with E-state index in [-0.39, 0.29) is 5.69 Å². The summed E-state index contributed by atoms with van der Waals surface area (Å²) in [4.78, 5) is 15.3. The van der Waals surface area contributed by atoms with Crippen molar-refractivity contribution >= 4 is 23.2 Å². The molecule has 0 aliphatic carbocycles. The number of nitrogens with zero attached hydrogens (tertiary/aromatic N) is 3. The third-order valence-electron chi connectivity index (χ3n) is 1.90. The molecule has 0 spiro atoms. The second-order valence-corrected chi connectivity index (χ2v) is 3.40. The van der Waals surface area contributed by atoms with Gasteiger partial charge in [-0.25, -0.2) is 14.3 Å². The summed E-state index contributed by atoms with van der Waals surface area (Å²) < 4.78 is 6.02. The SMILES string of the molecule is COC(=O)c1cc(Cl)n2nc(C)cc2n1. The van der Waals surface area contributed by atoms with E-state index in [1.54, 1.807) is 6.07 Å². The predicted molar refractivity (Wildman–Crippen MR) is 54.1 cm³/mol. The molecular formula is C9H8ClN3O2. The van der Waals surface area contributed by atoms with E-state index < -0.39 is 5.97 Å². The molecular weight excluding hydrogens is 218 g/mol. The average molecular weight is 226 g/mol. The first-order valence-electron chi connectivity index (χ1n) is 4.23. The van der Waals surface area contributed by atoms with E-state index in [1.807, 2.05) is 6.92 Å². The molecule has 0 amide bonds. The molecule has 0 saturated carbocycles. The molecule has 2 aromatic rings. The Kier molecular flexibility index (Phi) is 2.32. The van der Waals surface area contributed by atoms with Crippen molar-refractivity contribution < 1.29 is 9.53 Å². The van der Waals surface area contributed by atoms with Gasteiger partial charge >= 0.3 is 5.97 Å². The van der Waals surface area contributed by atoms with Gasteiger partial charge in [0.25, 0.3) is 0 Å². The molecule has 0 unspecified atom stereocenters. The van der Waals surface area contributed by atoms with Crippen molar-refractivity contribution in [3.8, 4) is 0 Å². The third-order valence-corrected chi connectivity index (χ3v) is 2.17. The highest BCUT2D eigenvalue weighted by Crippen LogP contribution is 2.14. The number of fused-ring (bicyclic) bond motifs is 1. The molecule has 6 heteroatoms. The van der Waals surface area contributed by atoms with Crippen LogP contribution in [0.15, 0.2) is 12.1 Å². The van der Waals surface area contributed by atoms with Crippen LogP contribution >= 0.6 is 11.6 Å². The van der Waals surface area contributed by atoms with E-state index in [2.05, 4.69) is 14.8 Å². The molecule has 0 atom stereocenters. The number of hydrogen-bond acceptors (Lipinski definition) is 4. The van der Waals surface area contributed by atoms with Gasteiger partial charge < -0.3 is 4.74 Å². The maximum Gasteiger partial charge on any atom is 0.356 e. The minimum atomic E-state index is -0.516. The van der Waals surface area contributed by atoms with Crippen molar-refractivity contribution in [2.45, 2.75) is 6.92 Å². The second kappa shape index (κ2) is 3.51. The van der Waals surface area contributed by atoms with Gasteiger partial charge in [0.05, 0.1) is 12.8 Å². The highest BCUT2D eigenvalue weighted by atomic mass is 35.5. The predicted octanol–water partition coefficient (Wildman–Crippen LogP) is 1.48. The first-order valence-corrected chi connectivity index (χ1v) is 4.61. The molecule has 0 fully saturated rings. The number of halogens is 1. The molecule has 15 heavy (non-hydrogen) atoms. The second-order valence-electron chi connectivity index (χ2n) is 3.01. The molecule has 0 bridgehead atoms. The van der Waals surface area contributed by atoms with Gasteiger partial charge in [-0.15, -0.1) is 0 Å². The maximum atomic E-state index is 11.2. The van der Waals surface area contributed by atoms with E-state index in [0.29, 0.717) is 10.8 Å². The highest BCUT2D eigenvalue weighted by molar-refractivity contribution is 6.30. The average Bonchev–Trinajstić information content (AvgIpc) is 2.58. The summed E-state index contributed by atoms with van der Waals surface area (Å²) >= 11 is 5.93. The molecule has 2 aromatic heterocycles. The van der Waals surface area contributed by atoms with Gasteiger partial charge in [0.15, 0.2) is 11.3 Å². The van der Waals surface area contributed by atoms with Gasteiger partial charge in [-0.05, 0) is 6.92 Å². The minimum Gasteiger partial charge on any atom is -0.464 e. The number of hydrogen-bond donors (Lipinski definition) is 0. The van der Waals surface area contributed by atoms with E-state index in [4.69, 9.17) is 11.6 Å². The van der Waals surface area contributed by atoms with Crippen LogP contribution in [-0.4, -0.2) is 27.7 Å². The fourth-order valence-electron chi connectivity index (χ4n) is 1.26. The number of carbonyl (C=O) groups is 1. The summed E-state index contributed by atoms with van der Waals surface area (Å²) in [5.74, 6) is -0.516. The Morgan fingerprint density at radius 2 is 2.27 bits per heavy atom. The summed E-state index contributed by atoms with van der Waals surface area (Å²) in [6.07, 6.45) is 0. The molecule has 0 aromatic carbocycles. The molecule has 0 radical (unpaired) electrons. The Hall–Kier alpha value is -1.62. The van der Waals surface area contributed by atoms with E-state index in [1.165, 1.54) is 17.7 Å². The van der Waals surface area contributed by atoms with Gasteiger partial charge in [-0.3, -0.25) is 0 Å². The van der Waals surface area contributed by atoms with Crippen LogP contribution in [0, 0.1) is 6.92 Å². The Bertz CT molecular complexity index is 535. The van der Waals surface area contributed by atoms with Crippen molar-refractivity contribution in [1.29, 1.82) is 0 Å². The molecule has 2 rings (SSSR count). The lowest BCUT2D eigenvalue weighted by molar-refractivity contribution is 0.0594. The zero-order valence-electron chi connectivity index (χ0n) is 8.19. The lowest BCUT2D eigenvalue weighted by Crippen LogP contribution is -2.06. The minimum absolute atomic E-state index is 0.176. The number of aryl methyl sites for hydroxylation is 1. The Balaban J connectivity index is 2.66. The van der Waals surface area contributed by atoms with Crippen LogP contribution in [0.5, 0.6) is 0 Å². The van der Waals surface area contributed by atoms with Gasteiger partial charge in [0.2, 0.25) is 0 Å². The van der Waals surface area contributed by atoms with Crippen LogP contribution in [0.1, 0.15) is 16.2 Å². The van der Waals surface area contributed by atoms with Crippen molar-refractivity contribution in [2.75, 3.05) is 7.11 Å². The smallest absolute Gasteiger partial charge is 0.356 e. The number of methoxy groups -OCH3 is 1. The molecule has 0 aliphatic heterocycles. The summed E-state index contributed by atoms with van der Waals surface area (Å²) in [6.45, 7) is 1.82. The van der Waals surface area contributed by atoms with Gasteiger partial charge in [-0.2, -0.15) is 5.10 Å². The molecule has 5 nitrogen and oxygen atoms in total. The normalized spacial score (nSPS) is 10.6. The number of carbonyl (C=O) groups excluding carboxylic acids is 1. The van der Waals surface area contributed by atoms with Crippen molar-refractivity contribution in [1.82, 2.24) is 14.6 Å². The summed E-state index contributed by atoms with van der Waals surface area (Å²) in [5.41, 5.74) is 1.49. The lowest BCUT2D eigenvalue weighted by Gasteiger charge is -2.00. The largest absolute Gasteiger partial charge is 0.464 e. The van der Waals surface area contributed by atoms with Crippen molar-refractivity contribution in [3.05, 3.63) is 28.7 Å². The zero-order chi connectivity index (χ0) is 11.0. The Morgan fingerprint density at radius 1 is 1.53 bits per heavy atom. The molecule has 0 saturated heterocycles. The van der Waals surface area contributed by atoms with E-state index >= 15 is 0 Å². The lowest BCUT2D eigenvalue weighted by atomic mass is 10.4. The first kappa shape index (κ1) is 9.92. The van der Waals surface area contributed by atoms with Crippen molar-refractivity contribution in [3.63, 3.8) is 0 Å². The first-order chi connectivity index (χ1) is 7.11. The molecule has 78 valence electrons. The van der Waals surface area contributed by atoms with E-state index in [0.717, 1.165) is 5.69 Å². The molecule has 2 heterocycles. The van der Waals surface area contributed by atoms with Crippen LogP contribution in [0.4, 0.5) is 0 Å². The summed E-state index contributed by atoms with van der Waals surface area (Å²) in [7, 11) is 1.30. The number of rotatable bonds is 1. The summed E-state index contributed by atoms with van der Waals surface area (Å²) in [5, 5.41) is 4.44. The van der Waals surface area contributed by atoms with Crippen molar-refractivity contribution in [2.24, 2.45) is 0 Å². The Morgan fingerprint density at radius 3 is 2.93 bits per heavy atom. The highest BCUT2D eigenvalue weighted by Gasteiger charge is 2.12. The van der Waals surface area contributed by atoms with Crippen LogP contribution in [0.3, 0.4) is 0 Å². The maximum absolute atomic E-state index is 11.2. The quantitative estimate of drug-likeness (QED) is 0.545. The van der Waals surface area contributed by atoms with Crippen LogP contribution in [0.2, 0.25) is 5.15 Å². The molecule has 0 N–H and O–H groups in total. The number of ether oxygens (including phenoxy) is 1. The zero-order valence-corrected chi connectivity index (χ0v) is 8.95. The van der Waals surface area contributed by atoms with Crippen LogP contribution in [-0.2, 0) is 4.74 Å². The van der Waals surface area contributed by atoms with Gasteiger partial charge in [0.1, 0.15) is 5.15 Å². The topological polar surface area (TPSA) is 56.5 Å². The van der Waals surface area contributed by atoms with Gasteiger partial charge in [-0.1, -0.05) is 11.6 Å². The van der Waals surface area contributed by atoms with E-state index in [9.17, 15) is 4.79 Å². The fourth-order valence-corrected chi connectivity index (χ4v) is 1.49. The van der Waals surface area contributed by atoms with Crippen LogP contribution in [0.25, 0.3) is 5.65 Å². The number of esters is 1. The Labute approximate surface area is 90.6 Å². The third kappa shape index (κ3) is 1.66. The van der Waals surface area contributed by atoms with Crippen LogP contribution < -0.4 is 0 Å². The fraction of sp³-hybridized carbons (Fsp3) is 0.222. The standard InChI is InChI=1S/C9H8ClN3O2/c1-5-3-8-11-6(9(14)15-2)4-7(10)13(8)12-5/h3-4H,1-2H3. The summed E-state index contributed by atoms with van der Waals surface area (Å²) in [6, 6.07) is 3.16. The monoisotopic (exact) mass is 225 g/mol. The number of aromatic nitrogens is 3. The molecule has 0 aliphatic rings.